The van der Waals surface area contributed by atoms with Crippen LogP contribution in [-0.4, -0.2) is 0 Å². The van der Waals surface area contributed by atoms with Crippen LogP contribution in [0, 0.1) is 0 Å². The molecule has 0 aromatic heterocycles. The van der Waals surface area contributed by atoms with E-state index in [0.717, 1.165) is 25.7 Å². The third kappa shape index (κ3) is 12.1. The molecule has 2 aromatic rings. The number of ether oxygens (including phenoxy) is 1. The fourth-order valence-corrected chi connectivity index (χ4v) is 4.15. The van der Waals surface area contributed by atoms with E-state index in [4.69, 9.17) is 4.74 Å². The number of rotatable bonds is 18. The van der Waals surface area contributed by atoms with Crippen molar-refractivity contribution < 1.29 is 4.74 Å². The third-order valence-corrected chi connectivity index (χ3v) is 6.14. The Balaban J connectivity index is 2.00. The Morgan fingerprint density at radius 2 is 0.939 bits per heavy atom. The van der Waals surface area contributed by atoms with Crippen molar-refractivity contribution in [2.75, 3.05) is 0 Å². The summed E-state index contributed by atoms with van der Waals surface area (Å²) in [7, 11) is 0. The summed E-state index contributed by atoms with van der Waals surface area (Å²) in [5.41, 5.74) is 2.57. The van der Waals surface area contributed by atoms with E-state index in [1.807, 2.05) is 0 Å². The highest BCUT2D eigenvalue weighted by atomic mass is 16.5. The van der Waals surface area contributed by atoms with E-state index in [1.54, 1.807) is 0 Å². The van der Waals surface area contributed by atoms with Crippen LogP contribution in [0.5, 0.6) is 0 Å². The number of allylic oxidation sites excluding steroid dienone is 4. The van der Waals surface area contributed by atoms with Crippen LogP contribution < -0.4 is 0 Å². The van der Waals surface area contributed by atoms with Crippen molar-refractivity contribution >= 4 is 0 Å². The highest BCUT2D eigenvalue weighted by Crippen LogP contribution is 2.33. The second-order valence-electron chi connectivity index (χ2n) is 9.02. The van der Waals surface area contributed by atoms with E-state index in [-0.39, 0.29) is 12.2 Å². The predicted molar refractivity (Wildman–Crippen MR) is 144 cm³/mol. The molecule has 0 saturated carbocycles. The Labute approximate surface area is 204 Å². The van der Waals surface area contributed by atoms with Gasteiger partial charge in [-0.2, -0.15) is 0 Å². The van der Waals surface area contributed by atoms with Gasteiger partial charge in [0.15, 0.2) is 0 Å². The standard InChI is InChI=1S/C32H46O/c1-3-5-7-9-11-13-21-27-31(29-23-17-15-18-24-29)33-32(30-25-19-16-20-26-30)28-22-14-12-10-8-6-4-2/h11-20,23-26,31-32H,3-10,21-22,27-28H2,1-2H3/b13-11+,14-12+. The van der Waals surface area contributed by atoms with E-state index in [2.05, 4.69) is 98.8 Å². The number of hydrogen-bond acceptors (Lipinski definition) is 1. The van der Waals surface area contributed by atoms with Gasteiger partial charge >= 0.3 is 0 Å². The van der Waals surface area contributed by atoms with Crippen molar-refractivity contribution in [2.24, 2.45) is 0 Å². The minimum Gasteiger partial charge on any atom is -0.366 e. The van der Waals surface area contributed by atoms with Crippen LogP contribution in [0.15, 0.2) is 85.0 Å². The van der Waals surface area contributed by atoms with E-state index >= 15 is 0 Å². The molecule has 0 saturated heterocycles. The zero-order valence-electron chi connectivity index (χ0n) is 21.1. The van der Waals surface area contributed by atoms with E-state index in [0.29, 0.717) is 0 Å². The maximum absolute atomic E-state index is 6.85. The number of benzene rings is 2. The molecule has 0 heterocycles. The minimum absolute atomic E-state index is 0.116. The highest BCUT2D eigenvalue weighted by Gasteiger charge is 2.19. The quantitative estimate of drug-likeness (QED) is 0.163. The monoisotopic (exact) mass is 446 g/mol. The molecule has 2 rings (SSSR count). The van der Waals surface area contributed by atoms with Gasteiger partial charge in [0, 0.05) is 0 Å². The van der Waals surface area contributed by atoms with Crippen LogP contribution in [-0.2, 0) is 4.74 Å². The van der Waals surface area contributed by atoms with E-state index < -0.39 is 0 Å². The zero-order chi connectivity index (χ0) is 23.4. The van der Waals surface area contributed by atoms with Gasteiger partial charge in [0.05, 0.1) is 12.2 Å². The molecule has 0 aliphatic heterocycles. The molecule has 0 fully saturated rings. The van der Waals surface area contributed by atoms with Crippen LogP contribution in [0.2, 0.25) is 0 Å². The van der Waals surface area contributed by atoms with Gasteiger partial charge in [0.1, 0.15) is 0 Å². The van der Waals surface area contributed by atoms with Crippen LogP contribution in [0.25, 0.3) is 0 Å². The van der Waals surface area contributed by atoms with Crippen molar-refractivity contribution in [1.82, 2.24) is 0 Å². The molecule has 180 valence electrons. The summed E-state index contributed by atoms with van der Waals surface area (Å²) < 4.78 is 6.85. The molecule has 2 atom stereocenters. The lowest BCUT2D eigenvalue weighted by atomic mass is 10.0. The lowest BCUT2D eigenvalue weighted by molar-refractivity contribution is -0.0231. The van der Waals surface area contributed by atoms with Crippen molar-refractivity contribution in [3.05, 3.63) is 96.1 Å². The van der Waals surface area contributed by atoms with Gasteiger partial charge in [-0.05, 0) is 62.5 Å². The summed E-state index contributed by atoms with van der Waals surface area (Å²) in [4.78, 5) is 0. The Kier molecular flexibility index (Phi) is 15.1. The van der Waals surface area contributed by atoms with E-state index in [1.165, 1.54) is 62.5 Å². The maximum Gasteiger partial charge on any atom is 0.0836 e. The van der Waals surface area contributed by atoms with Gasteiger partial charge in [0.2, 0.25) is 0 Å². The van der Waals surface area contributed by atoms with Gasteiger partial charge in [-0.15, -0.1) is 0 Å². The molecule has 0 radical (unpaired) electrons. The topological polar surface area (TPSA) is 9.23 Å². The van der Waals surface area contributed by atoms with Gasteiger partial charge in [0.25, 0.3) is 0 Å². The molecular formula is C32H46O. The summed E-state index contributed by atoms with van der Waals surface area (Å²) in [6, 6.07) is 21.5. The molecule has 2 unspecified atom stereocenters. The Bertz CT molecular complexity index is 681. The molecule has 1 heteroatoms. The average molecular weight is 447 g/mol. The molecule has 0 aliphatic carbocycles. The molecule has 33 heavy (non-hydrogen) atoms. The zero-order valence-corrected chi connectivity index (χ0v) is 21.1. The number of unbranched alkanes of at least 4 members (excludes halogenated alkanes) is 6. The predicted octanol–water partition coefficient (Wildman–Crippen LogP) is 10.3. The summed E-state index contributed by atoms with van der Waals surface area (Å²) in [5, 5.41) is 0. The normalized spacial score (nSPS) is 13.6. The second kappa shape index (κ2) is 18.3. The summed E-state index contributed by atoms with van der Waals surface area (Å²) >= 11 is 0. The third-order valence-electron chi connectivity index (χ3n) is 6.14. The minimum atomic E-state index is 0.116. The van der Waals surface area contributed by atoms with Crippen LogP contribution in [0.4, 0.5) is 0 Å². The second-order valence-corrected chi connectivity index (χ2v) is 9.02. The molecule has 0 spiro atoms. The maximum atomic E-state index is 6.85. The molecule has 1 nitrogen and oxygen atoms in total. The molecule has 0 N–H and O–H groups in total. The fourth-order valence-electron chi connectivity index (χ4n) is 4.15. The average Bonchev–Trinajstić information content (AvgIpc) is 2.87. The van der Waals surface area contributed by atoms with Crippen molar-refractivity contribution in [3.8, 4) is 0 Å². The Hall–Kier alpha value is -2.12. The van der Waals surface area contributed by atoms with Gasteiger partial charge in [-0.25, -0.2) is 0 Å². The van der Waals surface area contributed by atoms with Crippen LogP contribution in [0.3, 0.4) is 0 Å². The lowest BCUT2D eigenvalue weighted by Crippen LogP contribution is -2.11. The lowest BCUT2D eigenvalue weighted by Gasteiger charge is -2.25. The van der Waals surface area contributed by atoms with Crippen LogP contribution >= 0.6 is 0 Å². The van der Waals surface area contributed by atoms with Gasteiger partial charge < -0.3 is 4.74 Å². The van der Waals surface area contributed by atoms with Crippen LogP contribution in [0.1, 0.15) is 114 Å². The summed E-state index contributed by atoms with van der Waals surface area (Å²) in [6.07, 6.45) is 24.0. The SMILES string of the molecule is CCCCC/C=C/CCC(OC(CC/C=C/CCCCC)c1ccccc1)c1ccccc1. The summed E-state index contributed by atoms with van der Waals surface area (Å²) in [6.45, 7) is 4.52. The van der Waals surface area contributed by atoms with Gasteiger partial charge in [-0.3, -0.25) is 0 Å². The first-order valence-electron chi connectivity index (χ1n) is 13.4. The first-order chi connectivity index (χ1) is 16.3. The molecule has 2 aromatic carbocycles. The molecular weight excluding hydrogens is 400 g/mol. The first-order valence-corrected chi connectivity index (χ1v) is 13.4. The highest BCUT2D eigenvalue weighted by molar-refractivity contribution is 5.20. The Morgan fingerprint density at radius 1 is 0.545 bits per heavy atom. The van der Waals surface area contributed by atoms with Crippen molar-refractivity contribution in [3.63, 3.8) is 0 Å². The van der Waals surface area contributed by atoms with E-state index in [9.17, 15) is 0 Å². The first kappa shape index (κ1) is 27.1. The smallest absolute Gasteiger partial charge is 0.0836 e. The molecule has 0 bridgehead atoms. The van der Waals surface area contributed by atoms with Crippen molar-refractivity contribution in [1.29, 1.82) is 0 Å². The molecule has 0 aliphatic rings. The van der Waals surface area contributed by atoms with Crippen molar-refractivity contribution in [2.45, 2.75) is 103 Å². The molecule has 0 amide bonds. The Morgan fingerprint density at radius 3 is 1.33 bits per heavy atom. The largest absolute Gasteiger partial charge is 0.366 e. The number of hydrogen-bond donors (Lipinski definition) is 0. The van der Waals surface area contributed by atoms with Gasteiger partial charge in [-0.1, -0.05) is 124 Å². The fraction of sp³-hybridized carbons (Fsp3) is 0.500. The summed E-state index contributed by atoms with van der Waals surface area (Å²) in [5.74, 6) is 0.